The van der Waals surface area contributed by atoms with E-state index in [9.17, 15) is 4.79 Å². The van der Waals surface area contributed by atoms with E-state index in [4.69, 9.17) is 4.98 Å². The first-order valence-electron chi connectivity index (χ1n) is 13.3. The quantitative estimate of drug-likeness (QED) is 0.217. The third-order valence-corrected chi connectivity index (χ3v) is 6.89. The molecule has 192 valence electrons. The minimum atomic E-state index is -0.225. The van der Waals surface area contributed by atoms with E-state index >= 15 is 0 Å². The number of imidazole rings is 1. The van der Waals surface area contributed by atoms with Crippen LogP contribution < -0.4 is 10.6 Å². The van der Waals surface area contributed by atoms with Crippen molar-refractivity contribution in [1.29, 1.82) is 0 Å². The Bertz CT molecular complexity index is 1520. The van der Waals surface area contributed by atoms with Crippen molar-refractivity contribution < 1.29 is 4.79 Å². The fraction of sp³-hybridized carbons (Fsp3) is 0.212. The summed E-state index contributed by atoms with van der Waals surface area (Å²) in [5.74, 6) is 1.08. The molecule has 0 aliphatic carbocycles. The Morgan fingerprint density at radius 2 is 1.63 bits per heavy atom. The molecule has 0 radical (unpaired) electrons. The number of nitrogens with zero attached hydrogens (tertiary/aromatic N) is 2. The number of hydrogen-bond donors (Lipinski definition) is 2. The molecule has 1 heterocycles. The van der Waals surface area contributed by atoms with E-state index in [-0.39, 0.29) is 6.03 Å². The van der Waals surface area contributed by atoms with Crippen molar-refractivity contribution in [1.82, 2.24) is 14.9 Å². The molecule has 1 aromatic heterocycles. The van der Waals surface area contributed by atoms with Gasteiger partial charge in [-0.2, -0.15) is 0 Å². The summed E-state index contributed by atoms with van der Waals surface area (Å²) in [6.45, 7) is 5.56. The number of carbonyl (C=O) groups is 1. The van der Waals surface area contributed by atoms with Crippen molar-refractivity contribution in [2.75, 3.05) is 5.32 Å². The van der Waals surface area contributed by atoms with Crippen LogP contribution in [0.1, 0.15) is 42.3 Å². The maximum absolute atomic E-state index is 12.6. The maximum Gasteiger partial charge on any atom is 0.319 e. The molecular formula is C33H34N4O. The Morgan fingerprint density at radius 3 is 2.39 bits per heavy atom. The van der Waals surface area contributed by atoms with Crippen LogP contribution in [0.3, 0.4) is 0 Å². The number of anilines is 1. The van der Waals surface area contributed by atoms with Crippen LogP contribution in [0.5, 0.6) is 0 Å². The molecular weight excluding hydrogens is 468 g/mol. The minimum absolute atomic E-state index is 0.225. The maximum atomic E-state index is 12.6. The molecule has 5 nitrogen and oxygen atoms in total. The summed E-state index contributed by atoms with van der Waals surface area (Å²) in [6, 6.07) is 32.9. The average Bonchev–Trinajstić information content (AvgIpc) is 3.28. The zero-order chi connectivity index (χ0) is 26.3. The zero-order valence-corrected chi connectivity index (χ0v) is 22.1. The van der Waals surface area contributed by atoms with Crippen molar-refractivity contribution in [2.24, 2.45) is 0 Å². The first-order valence-corrected chi connectivity index (χ1v) is 13.3. The third-order valence-electron chi connectivity index (χ3n) is 6.89. The summed E-state index contributed by atoms with van der Waals surface area (Å²) in [7, 11) is 0. The lowest BCUT2D eigenvalue weighted by molar-refractivity contribution is 0.251. The molecule has 0 spiro atoms. The lowest BCUT2D eigenvalue weighted by Crippen LogP contribution is -2.28. The molecule has 38 heavy (non-hydrogen) atoms. The fourth-order valence-corrected chi connectivity index (χ4v) is 4.78. The first kappa shape index (κ1) is 25.3. The standard InChI is InChI=1S/C33H34N4O/c1-3-4-14-32-36-30-20-19-28(35-33(38)34-22-25-11-6-5-7-12-25)21-31(30)37(32)23-26-15-17-27(18-16-26)29-13-9-8-10-24(29)2/h5-13,15-21H,3-4,14,22-23H2,1-2H3,(H2,34,35,38). The molecule has 0 saturated heterocycles. The van der Waals surface area contributed by atoms with E-state index in [1.54, 1.807) is 0 Å². The predicted octanol–water partition coefficient (Wildman–Crippen LogP) is 7.72. The molecule has 0 saturated carbocycles. The second kappa shape index (κ2) is 11.8. The van der Waals surface area contributed by atoms with Crippen molar-refractivity contribution in [2.45, 2.75) is 46.2 Å². The molecule has 2 amide bonds. The summed E-state index contributed by atoms with van der Waals surface area (Å²) >= 11 is 0. The zero-order valence-electron chi connectivity index (χ0n) is 22.1. The van der Waals surface area contributed by atoms with E-state index in [1.165, 1.54) is 22.3 Å². The Labute approximate surface area is 224 Å². The number of fused-ring (bicyclic) bond motifs is 1. The van der Waals surface area contributed by atoms with Crippen LogP contribution in [0.4, 0.5) is 10.5 Å². The summed E-state index contributed by atoms with van der Waals surface area (Å²) in [6.07, 6.45) is 3.12. The number of hydrogen-bond acceptors (Lipinski definition) is 2. The number of aryl methyl sites for hydroxylation is 2. The van der Waals surface area contributed by atoms with Crippen molar-refractivity contribution in [3.8, 4) is 11.1 Å². The van der Waals surface area contributed by atoms with E-state index in [2.05, 4.69) is 77.6 Å². The van der Waals surface area contributed by atoms with Gasteiger partial charge in [-0.3, -0.25) is 0 Å². The van der Waals surface area contributed by atoms with Crippen LogP contribution in [-0.4, -0.2) is 15.6 Å². The Kier molecular flexibility index (Phi) is 7.84. The van der Waals surface area contributed by atoms with Crippen molar-refractivity contribution in [3.05, 3.63) is 120 Å². The predicted molar refractivity (Wildman–Crippen MR) is 156 cm³/mol. The van der Waals surface area contributed by atoms with E-state index in [0.717, 1.165) is 53.9 Å². The third kappa shape index (κ3) is 5.94. The van der Waals surface area contributed by atoms with E-state index in [0.29, 0.717) is 6.54 Å². The highest BCUT2D eigenvalue weighted by molar-refractivity contribution is 5.92. The Balaban J connectivity index is 1.37. The molecule has 0 unspecified atom stereocenters. The summed E-state index contributed by atoms with van der Waals surface area (Å²) in [5.41, 5.74) is 8.77. The van der Waals surface area contributed by atoms with E-state index in [1.807, 2.05) is 48.5 Å². The smallest absolute Gasteiger partial charge is 0.319 e. The van der Waals surface area contributed by atoms with Gasteiger partial charge >= 0.3 is 6.03 Å². The molecule has 0 atom stereocenters. The lowest BCUT2D eigenvalue weighted by Gasteiger charge is -2.12. The highest BCUT2D eigenvalue weighted by atomic mass is 16.2. The van der Waals surface area contributed by atoms with Gasteiger partial charge in [0.05, 0.1) is 11.0 Å². The highest BCUT2D eigenvalue weighted by Gasteiger charge is 2.13. The molecule has 5 heteroatoms. The number of benzene rings is 4. The number of aromatic nitrogens is 2. The largest absolute Gasteiger partial charge is 0.334 e. The number of urea groups is 1. The van der Waals surface area contributed by atoms with Crippen LogP contribution in [0.2, 0.25) is 0 Å². The lowest BCUT2D eigenvalue weighted by atomic mass is 9.99. The van der Waals surface area contributed by atoms with Gasteiger partial charge in [0, 0.05) is 25.2 Å². The van der Waals surface area contributed by atoms with Crippen LogP contribution in [0, 0.1) is 6.92 Å². The normalized spacial score (nSPS) is 11.0. The summed E-state index contributed by atoms with van der Waals surface area (Å²) < 4.78 is 2.29. The molecule has 5 aromatic rings. The molecule has 0 aliphatic rings. The van der Waals surface area contributed by atoms with Gasteiger partial charge in [-0.25, -0.2) is 9.78 Å². The molecule has 0 fully saturated rings. The van der Waals surface area contributed by atoms with Gasteiger partial charge in [0.1, 0.15) is 5.82 Å². The Hall–Kier alpha value is -4.38. The van der Waals surface area contributed by atoms with Crippen LogP contribution in [-0.2, 0) is 19.5 Å². The second-order valence-electron chi connectivity index (χ2n) is 9.73. The molecule has 5 rings (SSSR count). The van der Waals surface area contributed by atoms with Gasteiger partial charge in [-0.15, -0.1) is 0 Å². The van der Waals surface area contributed by atoms with Gasteiger partial charge in [0.2, 0.25) is 0 Å². The monoisotopic (exact) mass is 502 g/mol. The SMILES string of the molecule is CCCCc1nc2ccc(NC(=O)NCc3ccccc3)cc2n1Cc1ccc(-c2ccccc2C)cc1. The number of unbranched alkanes of at least 4 members (excludes halogenated alkanes) is 1. The van der Waals surface area contributed by atoms with Crippen molar-refractivity contribution in [3.63, 3.8) is 0 Å². The second-order valence-corrected chi connectivity index (χ2v) is 9.73. The van der Waals surface area contributed by atoms with Gasteiger partial charge in [0.15, 0.2) is 0 Å². The van der Waals surface area contributed by atoms with E-state index < -0.39 is 0 Å². The number of amides is 2. The van der Waals surface area contributed by atoms with Gasteiger partial charge in [-0.1, -0.05) is 92.2 Å². The Morgan fingerprint density at radius 1 is 0.868 bits per heavy atom. The highest BCUT2D eigenvalue weighted by Crippen LogP contribution is 2.26. The summed E-state index contributed by atoms with van der Waals surface area (Å²) in [5, 5.41) is 5.92. The van der Waals surface area contributed by atoms with Crippen LogP contribution in [0.15, 0.2) is 97.1 Å². The number of carbonyl (C=O) groups excluding carboxylic acids is 1. The molecule has 0 aliphatic heterocycles. The topological polar surface area (TPSA) is 59.0 Å². The first-order chi connectivity index (χ1) is 18.6. The summed E-state index contributed by atoms with van der Waals surface area (Å²) in [4.78, 5) is 17.5. The van der Waals surface area contributed by atoms with Crippen LogP contribution in [0.25, 0.3) is 22.2 Å². The molecule has 0 bridgehead atoms. The average molecular weight is 503 g/mol. The van der Waals surface area contributed by atoms with Crippen LogP contribution >= 0.6 is 0 Å². The van der Waals surface area contributed by atoms with Gasteiger partial charge < -0.3 is 15.2 Å². The fourth-order valence-electron chi connectivity index (χ4n) is 4.78. The van der Waals surface area contributed by atoms with Crippen molar-refractivity contribution >= 4 is 22.8 Å². The van der Waals surface area contributed by atoms with Gasteiger partial charge in [-0.05, 0) is 59.4 Å². The van der Waals surface area contributed by atoms with Gasteiger partial charge in [0.25, 0.3) is 0 Å². The number of rotatable bonds is 9. The number of nitrogens with one attached hydrogen (secondary N) is 2. The molecule has 2 N–H and O–H groups in total. The molecule has 4 aromatic carbocycles. The minimum Gasteiger partial charge on any atom is -0.334 e.